The van der Waals surface area contributed by atoms with E-state index in [-0.39, 0.29) is 123 Å². The van der Waals surface area contributed by atoms with Gasteiger partial charge in [-0.3, -0.25) is 44.3 Å². The Bertz CT molecular complexity index is 3980. The highest BCUT2D eigenvalue weighted by molar-refractivity contribution is 7.90. The van der Waals surface area contributed by atoms with Gasteiger partial charge in [0.1, 0.15) is 118 Å². The number of nitrogens with zero attached hydrogens (tertiary/aromatic N) is 1. The average molecular weight is 1450 g/mol. The third-order valence-corrected chi connectivity index (χ3v) is 34.5. The van der Waals surface area contributed by atoms with Gasteiger partial charge in [0.05, 0.1) is 50.8 Å². The Morgan fingerprint density at radius 1 is 0.479 bits per heavy atom. The van der Waals surface area contributed by atoms with Gasteiger partial charge in [0.25, 0.3) is 60.7 Å². The number of carbonyl (C=O) groups is 4. The van der Waals surface area contributed by atoms with E-state index >= 15 is 0 Å². The third-order valence-electron chi connectivity index (χ3n) is 23.4. The van der Waals surface area contributed by atoms with E-state index in [0.29, 0.717) is 6.42 Å². The van der Waals surface area contributed by atoms with Crippen molar-refractivity contribution < 1.29 is 142 Å². The zero-order chi connectivity index (χ0) is 68.7. The van der Waals surface area contributed by atoms with Crippen LogP contribution in [0.25, 0.3) is 0 Å². The van der Waals surface area contributed by atoms with E-state index in [1.807, 2.05) is 47.6 Å². The number of esters is 4. The Hall–Kier alpha value is -3.41. The minimum Gasteiger partial charge on any atom is -0.469 e. The van der Waals surface area contributed by atoms with E-state index in [9.17, 15) is 69.7 Å². The molecule has 32 unspecified atom stereocenters. The summed E-state index contributed by atoms with van der Waals surface area (Å²) < 4.78 is 221. The standard InChI is InChI=1S/C13H18O8S.2C9H12O6S.C8H9NO4S.2C8H12O4S/c1-7-11-13(6-19-9(3)15)10(22(16,17)20-11)4-12(7,21-13)5-18-8(2)14;1-4-5-3-9(8(10)13-2)7(14-5)6(4)15-16(9,11)12;1-3-5-4(9(10)13-2)8-7(14-5)6(3)15-16(8,11)12;1-4-5-2-8(3-9)7(12-5)6(4)13-14(8,10)11;1-4-5-3-8(2)7(11-5)6(4)12-13(8,9)10;1-3-5-4(2)8-7(11-5)6(3)12-13(8,9)10/h7,10-11H,4-6H2,1-3H3;4-7H,3H2,1-2H3;3-8H,1-2H3;4-7H,2H2,1H3;4-7H,3H2,1-2H3;3-8H,1-2H3. The van der Waals surface area contributed by atoms with Crippen LogP contribution in [0.15, 0.2) is 0 Å². The SMILES string of the molecule is CC(=O)OCC12CC3C(COC(C)=O)(O1)C(OS3(=O)=O)C2C.CC1C2CC3(C#N)C(O2)C1OS3(=O)=O.CC1C2CC3(C)C(O2)C1OS3(=O)=O.CC1C2OC3C1OS(=O)(=O)C3C2C.COC(=O)C12CC3OC1C(OS2(=O)=O)C3C.COC(=O)C1C2OC3C(OS(=O)(=O)C31)C2C. The van der Waals surface area contributed by atoms with Crippen LogP contribution < -0.4 is 0 Å². The lowest BCUT2D eigenvalue weighted by atomic mass is 9.73. The van der Waals surface area contributed by atoms with Crippen LogP contribution >= 0.6 is 0 Å². The maximum absolute atomic E-state index is 12.2. The van der Waals surface area contributed by atoms with Crippen molar-refractivity contribution in [3.63, 3.8) is 0 Å². The summed E-state index contributed by atoms with van der Waals surface area (Å²) in [6.07, 6.45) is -4.25. The third kappa shape index (κ3) is 9.28. The molecule has 0 spiro atoms. The summed E-state index contributed by atoms with van der Waals surface area (Å²) in [6.45, 7) is 17.4. The quantitative estimate of drug-likeness (QED) is 0.169. The summed E-state index contributed by atoms with van der Waals surface area (Å²) in [5, 5.41) is 6.79. The van der Waals surface area contributed by atoms with Gasteiger partial charge in [-0.1, -0.05) is 48.5 Å². The predicted molar refractivity (Wildman–Crippen MR) is 307 cm³/mol. The van der Waals surface area contributed by atoms with E-state index in [1.165, 1.54) is 28.1 Å². The van der Waals surface area contributed by atoms with Crippen molar-refractivity contribution in [3.05, 3.63) is 0 Å². The topological polar surface area (TPSA) is 445 Å². The lowest BCUT2D eigenvalue weighted by molar-refractivity contribution is -0.162. The molecule has 32 atom stereocenters. The Labute approximate surface area is 543 Å². The van der Waals surface area contributed by atoms with Crippen LogP contribution in [0.4, 0.5) is 0 Å². The number of hydrogen-bond donors (Lipinski definition) is 0. The van der Waals surface area contributed by atoms with Crippen molar-refractivity contribution in [2.45, 2.75) is 234 Å². The number of carbonyl (C=O) groups excluding carboxylic acids is 4. The maximum atomic E-state index is 12.2. The zero-order valence-electron chi connectivity index (χ0n) is 52.8. The molecule has 0 amide bonds. The van der Waals surface area contributed by atoms with E-state index in [0.717, 1.165) is 0 Å². The molecule has 33 nitrogen and oxygen atoms in total. The predicted octanol–water partition coefficient (Wildman–Crippen LogP) is -1.32. The second-order valence-corrected chi connectivity index (χ2v) is 39.1. The summed E-state index contributed by atoms with van der Waals surface area (Å²) >= 11 is 0. The van der Waals surface area contributed by atoms with Gasteiger partial charge in [-0.25, -0.2) is 0 Å². The molecule has 18 aliphatic heterocycles. The molecule has 0 radical (unpaired) electrons. The van der Waals surface area contributed by atoms with E-state index in [4.69, 9.17) is 68.3 Å². The number of rotatable bonds is 6. The smallest absolute Gasteiger partial charge is 0.332 e. The molecule has 18 heterocycles. The highest BCUT2D eigenvalue weighted by Gasteiger charge is 2.81. The van der Waals surface area contributed by atoms with Gasteiger partial charge < -0.3 is 47.4 Å². The number of methoxy groups -OCH3 is 2. The molecule has 39 heteroatoms. The fourth-order valence-electron chi connectivity index (χ4n) is 18.3. The largest absolute Gasteiger partial charge is 0.469 e. The van der Waals surface area contributed by atoms with Gasteiger partial charge >= 0.3 is 23.9 Å². The Morgan fingerprint density at radius 3 is 1.52 bits per heavy atom. The number of nitriles is 1. The fraction of sp³-hybridized carbons (Fsp3) is 0.909. The normalized spacial score (nSPS) is 53.6. The first kappa shape index (κ1) is 69.1. The van der Waals surface area contributed by atoms with E-state index in [2.05, 4.69) is 9.47 Å². The molecule has 18 rings (SSSR count). The van der Waals surface area contributed by atoms with Gasteiger partial charge in [-0.2, -0.15) is 55.8 Å². The van der Waals surface area contributed by atoms with Gasteiger partial charge in [-0.05, 0) is 13.3 Å². The summed E-state index contributed by atoms with van der Waals surface area (Å²) in [6, 6.07) is 1.87. The maximum Gasteiger partial charge on any atom is 0.332 e. The van der Waals surface area contributed by atoms with Gasteiger partial charge in [-0.15, -0.1) is 0 Å². The molecule has 528 valence electrons. The van der Waals surface area contributed by atoms with Crippen LogP contribution in [-0.2, 0) is 152 Å². The molecule has 0 N–H and O–H groups in total. The van der Waals surface area contributed by atoms with Crippen molar-refractivity contribution in [3.8, 4) is 6.07 Å². The monoisotopic (exact) mass is 1450 g/mol. The molecule has 0 aromatic carbocycles. The molecular formula is C55H75NO32S6. The molecule has 0 aliphatic carbocycles. The summed E-state index contributed by atoms with van der Waals surface area (Å²) in [5.74, 6) is -2.84. The lowest BCUT2D eigenvalue weighted by Gasteiger charge is -2.31. The molecule has 18 fully saturated rings. The molecule has 0 aromatic rings. The van der Waals surface area contributed by atoms with Crippen LogP contribution in [0.3, 0.4) is 0 Å². The summed E-state index contributed by atoms with van der Waals surface area (Å²) in [5.41, 5.74) is -2.14. The molecule has 12 bridgehead atoms. The van der Waals surface area contributed by atoms with Crippen LogP contribution in [0.5, 0.6) is 0 Å². The van der Waals surface area contributed by atoms with Gasteiger partial charge in [0.15, 0.2) is 0 Å². The number of hydrogen-bond acceptors (Lipinski definition) is 33. The summed E-state index contributed by atoms with van der Waals surface area (Å²) in [4.78, 5) is 45.5. The minimum absolute atomic E-state index is 0.0000520. The first-order valence-electron chi connectivity index (χ1n) is 30.9. The summed E-state index contributed by atoms with van der Waals surface area (Å²) in [7, 11) is -19.5. The lowest BCUT2D eigenvalue weighted by Crippen LogP contribution is -2.52. The van der Waals surface area contributed by atoms with Crippen LogP contribution in [-0.4, -0.2) is 241 Å². The number of fused-ring (bicyclic) bond motifs is 6. The van der Waals surface area contributed by atoms with Crippen molar-refractivity contribution >= 4 is 84.6 Å². The highest BCUT2D eigenvalue weighted by atomic mass is 32.2. The van der Waals surface area contributed by atoms with Crippen molar-refractivity contribution in [2.75, 3.05) is 27.4 Å². The zero-order valence-corrected chi connectivity index (χ0v) is 57.7. The van der Waals surface area contributed by atoms with Crippen molar-refractivity contribution in [2.24, 2.45) is 47.3 Å². The molecule has 94 heavy (non-hydrogen) atoms. The molecule has 0 aromatic heterocycles. The van der Waals surface area contributed by atoms with E-state index < -0.39 is 181 Å². The average Bonchev–Trinajstić information content (AvgIpc) is 1.51. The molecule has 0 saturated carbocycles. The Balaban J connectivity index is 0.000000103. The van der Waals surface area contributed by atoms with Crippen LogP contribution in [0, 0.1) is 58.7 Å². The van der Waals surface area contributed by atoms with Crippen LogP contribution in [0.1, 0.15) is 94.9 Å². The Kier molecular flexibility index (Phi) is 16.2. The van der Waals surface area contributed by atoms with Gasteiger partial charge in [0.2, 0.25) is 9.49 Å². The van der Waals surface area contributed by atoms with Crippen molar-refractivity contribution in [1.29, 1.82) is 5.26 Å². The first-order chi connectivity index (χ1) is 43.5. The fourth-order valence-corrected chi connectivity index (χ4v) is 29.3. The molecule has 18 saturated heterocycles. The van der Waals surface area contributed by atoms with Crippen molar-refractivity contribution in [1.82, 2.24) is 0 Å². The van der Waals surface area contributed by atoms with Crippen LogP contribution in [0.2, 0.25) is 0 Å². The minimum atomic E-state index is -3.94. The first-order valence-corrected chi connectivity index (χ1v) is 39.5. The Morgan fingerprint density at radius 2 is 0.979 bits per heavy atom. The number of ether oxygens (including phenoxy) is 10. The second-order valence-electron chi connectivity index (χ2n) is 28.2. The second kappa shape index (κ2) is 22.0. The van der Waals surface area contributed by atoms with E-state index in [1.54, 1.807) is 13.8 Å². The molecule has 18 aliphatic rings. The highest BCUT2D eigenvalue weighted by Crippen LogP contribution is 2.63. The van der Waals surface area contributed by atoms with Gasteiger partial charge in [0, 0.05) is 74.5 Å². The molecular weight excluding hydrogens is 1380 g/mol.